The first-order valence-electron chi connectivity index (χ1n) is 5.42. The van der Waals surface area contributed by atoms with Crippen molar-refractivity contribution in [1.29, 1.82) is 0 Å². The molecule has 0 N–H and O–H groups in total. The van der Waals surface area contributed by atoms with Crippen LogP contribution in [0, 0.1) is 0 Å². The second kappa shape index (κ2) is 6.36. The van der Waals surface area contributed by atoms with E-state index in [4.69, 9.17) is 4.74 Å². The predicted molar refractivity (Wildman–Crippen MR) is 60.7 cm³/mol. The fourth-order valence-corrected chi connectivity index (χ4v) is 1.39. The fraction of sp³-hybridized carbons (Fsp3) is 0.462. The average molecular weight is 206 g/mol. The van der Waals surface area contributed by atoms with Gasteiger partial charge in [0.15, 0.2) is 5.78 Å². The van der Waals surface area contributed by atoms with Gasteiger partial charge in [-0.3, -0.25) is 4.79 Å². The maximum Gasteiger partial charge on any atom is 0.158 e. The molecule has 0 fully saturated rings. The number of benzene rings is 1. The zero-order valence-corrected chi connectivity index (χ0v) is 9.40. The Labute approximate surface area is 91.3 Å². The lowest BCUT2D eigenvalue weighted by Crippen LogP contribution is -2.10. The second-order valence-electron chi connectivity index (χ2n) is 3.65. The number of hydrogen-bond acceptors (Lipinski definition) is 2. The summed E-state index contributed by atoms with van der Waals surface area (Å²) in [6, 6.07) is 9.94. The van der Waals surface area contributed by atoms with Crippen LogP contribution in [0.4, 0.5) is 0 Å². The van der Waals surface area contributed by atoms with Crippen molar-refractivity contribution in [2.45, 2.75) is 32.8 Å². The van der Waals surface area contributed by atoms with Gasteiger partial charge in [-0.2, -0.15) is 0 Å². The summed E-state index contributed by atoms with van der Waals surface area (Å²) in [5, 5.41) is 0. The number of Topliss-reactive ketones (excluding diaryl/α,β-unsaturated/α-hetero) is 1. The van der Waals surface area contributed by atoms with E-state index in [9.17, 15) is 4.79 Å². The molecular formula is C13H18O2. The molecule has 2 nitrogen and oxygen atoms in total. The van der Waals surface area contributed by atoms with Gasteiger partial charge < -0.3 is 4.74 Å². The Balaban J connectivity index is 2.37. The quantitative estimate of drug-likeness (QED) is 0.714. The number of ketones is 1. The number of carbonyl (C=O) groups excluding carboxylic acids is 1. The van der Waals surface area contributed by atoms with Crippen LogP contribution in [0.5, 0.6) is 0 Å². The van der Waals surface area contributed by atoms with Crippen LogP contribution in [0.2, 0.25) is 0 Å². The Bertz CT molecular complexity index is 293. The molecule has 1 unspecified atom stereocenters. The Morgan fingerprint density at radius 3 is 2.60 bits per heavy atom. The summed E-state index contributed by atoms with van der Waals surface area (Å²) in [6.07, 6.45) is 1.50. The molecule has 0 amide bonds. The monoisotopic (exact) mass is 206 g/mol. The van der Waals surface area contributed by atoms with Crippen molar-refractivity contribution in [2.75, 3.05) is 6.61 Å². The summed E-state index contributed by atoms with van der Waals surface area (Å²) >= 11 is 0. The SMILES string of the molecule is CCCC(=O)COC(C)c1ccccc1. The molecule has 0 spiro atoms. The lowest BCUT2D eigenvalue weighted by Gasteiger charge is -2.12. The number of rotatable bonds is 6. The van der Waals surface area contributed by atoms with Crippen LogP contribution < -0.4 is 0 Å². The highest BCUT2D eigenvalue weighted by molar-refractivity contribution is 5.79. The minimum absolute atomic E-state index is 0.00740. The fourth-order valence-electron chi connectivity index (χ4n) is 1.39. The summed E-state index contributed by atoms with van der Waals surface area (Å²) in [5.74, 6) is 0.181. The van der Waals surface area contributed by atoms with Gasteiger partial charge in [-0.1, -0.05) is 37.3 Å². The van der Waals surface area contributed by atoms with Gasteiger partial charge in [-0.25, -0.2) is 0 Å². The Morgan fingerprint density at radius 2 is 2.00 bits per heavy atom. The number of hydrogen-bond donors (Lipinski definition) is 0. The lowest BCUT2D eigenvalue weighted by atomic mass is 10.1. The second-order valence-corrected chi connectivity index (χ2v) is 3.65. The average Bonchev–Trinajstić information content (AvgIpc) is 2.27. The molecule has 0 heterocycles. The van der Waals surface area contributed by atoms with Crippen LogP contribution in [0.15, 0.2) is 30.3 Å². The highest BCUT2D eigenvalue weighted by atomic mass is 16.5. The highest BCUT2D eigenvalue weighted by Crippen LogP contribution is 2.15. The van der Waals surface area contributed by atoms with Crippen molar-refractivity contribution in [3.05, 3.63) is 35.9 Å². The summed E-state index contributed by atoms with van der Waals surface area (Å²) < 4.78 is 5.49. The Hall–Kier alpha value is -1.15. The first-order valence-corrected chi connectivity index (χ1v) is 5.42. The molecule has 0 bridgehead atoms. The molecule has 0 saturated heterocycles. The molecule has 0 aromatic heterocycles. The van der Waals surface area contributed by atoms with Gasteiger partial charge in [0.25, 0.3) is 0 Å². The van der Waals surface area contributed by atoms with Gasteiger partial charge in [0.2, 0.25) is 0 Å². The molecule has 1 atom stereocenters. The molecule has 1 aromatic rings. The molecule has 0 radical (unpaired) electrons. The van der Waals surface area contributed by atoms with E-state index in [-0.39, 0.29) is 18.5 Å². The van der Waals surface area contributed by atoms with Gasteiger partial charge >= 0.3 is 0 Å². The molecule has 0 aliphatic carbocycles. The Morgan fingerprint density at radius 1 is 1.33 bits per heavy atom. The van der Waals surface area contributed by atoms with E-state index in [2.05, 4.69) is 0 Å². The molecule has 1 rings (SSSR count). The van der Waals surface area contributed by atoms with Crippen LogP contribution in [-0.4, -0.2) is 12.4 Å². The molecule has 2 heteroatoms. The van der Waals surface area contributed by atoms with E-state index < -0.39 is 0 Å². The Kier molecular flexibility index (Phi) is 5.05. The summed E-state index contributed by atoms with van der Waals surface area (Å²) in [4.78, 5) is 11.3. The molecule has 1 aromatic carbocycles. The largest absolute Gasteiger partial charge is 0.366 e. The van der Waals surface area contributed by atoms with Crippen LogP contribution in [0.3, 0.4) is 0 Å². The highest BCUT2D eigenvalue weighted by Gasteiger charge is 2.07. The van der Waals surface area contributed by atoms with Crippen molar-refractivity contribution < 1.29 is 9.53 Å². The van der Waals surface area contributed by atoms with Crippen LogP contribution >= 0.6 is 0 Å². The standard InChI is InChI=1S/C13H18O2/c1-3-7-13(14)10-15-11(2)12-8-5-4-6-9-12/h4-6,8-9,11H,3,7,10H2,1-2H3. The van der Waals surface area contributed by atoms with Gasteiger partial charge in [0.05, 0.1) is 6.10 Å². The first-order chi connectivity index (χ1) is 7.24. The predicted octanol–water partition coefficient (Wildman–Crippen LogP) is 3.13. The van der Waals surface area contributed by atoms with Crippen molar-refractivity contribution in [3.8, 4) is 0 Å². The summed E-state index contributed by atoms with van der Waals surface area (Å²) in [6.45, 7) is 4.19. The maximum absolute atomic E-state index is 11.3. The zero-order valence-electron chi connectivity index (χ0n) is 9.40. The van der Waals surface area contributed by atoms with Crippen LogP contribution in [0.25, 0.3) is 0 Å². The normalized spacial score (nSPS) is 12.4. The third kappa shape index (κ3) is 4.26. The van der Waals surface area contributed by atoms with E-state index in [1.165, 1.54) is 0 Å². The van der Waals surface area contributed by atoms with E-state index in [0.29, 0.717) is 6.42 Å². The smallest absolute Gasteiger partial charge is 0.158 e. The molecule has 82 valence electrons. The topological polar surface area (TPSA) is 26.3 Å². The van der Waals surface area contributed by atoms with Crippen molar-refractivity contribution in [2.24, 2.45) is 0 Å². The number of carbonyl (C=O) groups is 1. The van der Waals surface area contributed by atoms with Crippen LogP contribution in [-0.2, 0) is 9.53 Å². The summed E-state index contributed by atoms with van der Waals surface area (Å²) in [7, 11) is 0. The van der Waals surface area contributed by atoms with Gasteiger partial charge in [-0.05, 0) is 18.9 Å². The van der Waals surface area contributed by atoms with Gasteiger partial charge in [-0.15, -0.1) is 0 Å². The minimum Gasteiger partial charge on any atom is -0.366 e. The van der Waals surface area contributed by atoms with Crippen molar-refractivity contribution >= 4 is 5.78 Å². The molecular weight excluding hydrogens is 188 g/mol. The molecule has 0 aliphatic heterocycles. The molecule has 0 saturated carbocycles. The van der Waals surface area contributed by atoms with E-state index in [1.54, 1.807) is 0 Å². The minimum atomic E-state index is -0.00740. The zero-order chi connectivity index (χ0) is 11.1. The van der Waals surface area contributed by atoms with E-state index >= 15 is 0 Å². The van der Waals surface area contributed by atoms with Gasteiger partial charge in [0, 0.05) is 6.42 Å². The molecule has 0 aliphatic rings. The van der Waals surface area contributed by atoms with Crippen molar-refractivity contribution in [1.82, 2.24) is 0 Å². The van der Waals surface area contributed by atoms with E-state index in [1.807, 2.05) is 44.2 Å². The van der Waals surface area contributed by atoms with E-state index in [0.717, 1.165) is 12.0 Å². The van der Waals surface area contributed by atoms with Gasteiger partial charge in [0.1, 0.15) is 6.61 Å². The van der Waals surface area contributed by atoms with Crippen molar-refractivity contribution in [3.63, 3.8) is 0 Å². The third-order valence-electron chi connectivity index (χ3n) is 2.29. The summed E-state index contributed by atoms with van der Waals surface area (Å²) in [5.41, 5.74) is 1.11. The molecule has 15 heavy (non-hydrogen) atoms. The lowest BCUT2D eigenvalue weighted by molar-refractivity contribution is -0.125. The number of ether oxygens (including phenoxy) is 1. The van der Waals surface area contributed by atoms with Crippen LogP contribution in [0.1, 0.15) is 38.4 Å². The third-order valence-corrected chi connectivity index (χ3v) is 2.29. The first kappa shape index (κ1) is 11.9. The maximum atomic E-state index is 11.3.